The smallest absolute Gasteiger partial charge is 0.140 e. The number of rotatable bonds is 12. The molecule has 0 unspecified atom stereocenters. The maximum atomic E-state index is 4.34. The van der Waals surface area contributed by atoms with E-state index in [2.05, 4.69) is 40.9 Å². The van der Waals surface area contributed by atoms with Crippen molar-refractivity contribution >= 4 is 0 Å². The Morgan fingerprint density at radius 1 is 1.10 bits per heavy atom. The van der Waals surface area contributed by atoms with Gasteiger partial charge >= 0.3 is 0 Å². The molecule has 0 saturated carbocycles. The zero-order valence-corrected chi connectivity index (χ0v) is 13.6. The maximum absolute atomic E-state index is 4.34. The molecule has 0 saturated heterocycles. The van der Waals surface area contributed by atoms with E-state index in [1.54, 1.807) is 6.33 Å². The first-order valence-electron chi connectivity index (χ1n) is 8.31. The van der Waals surface area contributed by atoms with Gasteiger partial charge in [0.25, 0.3) is 0 Å². The quantitative estimate of drug-likeness (QED) is 0.593. The molecule has 0 amide bonds. The Morgan fingerprint density at radius 3 is 2.50 bits per heavy atom. The molecule has 1 aromatic heterocycles. The van der Waals surface area contributed by atoms with Gasteiger partial charge in [0.1, 0.15) is 12.2 Å². The van der Waals surface area contributed by atoms with Gasteiger partial charge in [0, 0.05) is 6.54 Å². The van der Waals surface area contributed by atoms with Gasteiger partial charge in [-0.05, 0) is 18.9 Å². The third kappa shape index (κ3) is 7.63. The largest absolute Gasteiger partial charge is 0.310 e. The van der Waals surface area contributed by atoms with Crippen molar-refractivity contribution in [1.29, 1.82) is 0 Å². The standard InChI is InChI=1S/C16H32N4/c1-4-5-6-7-8-9-10-11-20-16(18-14-19-20)13-17-12-15(2)3/h14-15,17H,4-13H2,1-3H3. The van der Waals surface area contributed by atoms with Crippen LogP contribution in [-0.2, 0) is 13.1 Å². The summed E-state index contributed by atoms with van der Waals surface area (Å²) in [5, 5.41) is 7.76. The first-order valence-corrected chi connectivity index (χ1v) is 8.31. The lowest BCUT2D eigenvalue weighted by Gasteiger charge is -2.09. The second-order valence-electron chi connectivity index (χ2n) is 6.05. The highest BCUT2D eigenvalue weighted by Crippen LogP contribution is 2.08. The minimum atomic E-state index is 0.675. The second kappa shape index (κ2) is 10.8. The summed E-state index contributed by atoms with van der Waals surface area (Å²) in [7, 11) is 0. The molecule has 116 valence electrons. The van der Waals surface area contributed by atoms with Crippen molar-refractivity contribution in [2.45, 2.75) is 78.8 Å². The van der Waals surface area contributed by atoms with Crippen molar-refractivity contribution in [3.05, 3.63) is 12.2 Å². The first-order chi connectivity index (χ1) is 9.74. The normalized spacial score (nSPS) is 11.4. The van der Waals surface area contributed by atoms with Gasteiger partial charge < -0.3 is 5.32 Å². The van der Waals surface area contributed by atoms with Crippen LogP contribution >= 0.6 is 0 Å². The summed E-state index contributed by atoms with van der Waals surface area (Å²) in [6.07, 6.45) is 11.0. The van der Waals surface area contributed by atoms with Gasteiger partial charge in [-0.25, -0.2) is 9.67 Å². The fraction of sp³-hybridized carbons (Fsp3) is 0.875. The van der Waals surface area contributed by atoms with Gasteiger partial charge in [0.2, 0.25) is 0 Å². The van der Waals surface area contributed by atoms with Crippen molar-refractivity contribution in [3.8, 4) is 0 Å². The van der Waals surface area contributed by atoms with E-state index < -0.39 is 0 Å². The van der Waals surface area contributed by atoms with Crippen LogP contribution in [0.15, 0.2) is 6.33 Å². The summed E-state index contributed by atoms with van der Waals surface area (Å²) >= 11 is 0. The van der Waals surface area contributed by atoms with Crippen LogP contribution in [0.1, 0.15) is 71.5 Å². The van der Waals surface area contributed by atoms with Gasteiger partial charge in [-0.15, -0.1) is 0 Å². The van der Waals surface area contributed by atoms with E-state index >= 15 is 0 Å². The molecule has 20 heavy (non-hydrogen) atoms. The number of aromatic nitrogens is 3. The van der Waals surface area contributed by atoms with Crippen LogP contribution in [0.5, 0.6) is 0 Å². The number of nitrogens with zero attached hydrogens (tertiary/aromatic N) is 3. The number of nitrogens with one attached hydrogen (secondary N) is 1. The molecule has 0 aliphatic heterocycles. The predicted octanol–water partition coefficient (Wildman–Crippen LogP) is 3.77. The third-order valence-corrected chi connectivity index (χ3v) is 3.50. The molecular weight excluding hydrogens is 248 g/mol. The second-order valence-corrected chi connectivity index (χ2v) is 6.05. The molecule has 0 aliphatic carbocycles. The molecule has 0 atom stereocenters. The Hall–Kier alpha value is -0.900. The molecule has 0 spiro atoms. The molecule has 4 heteroatoms. The Balaban J connectivity index is 2.12. The van der Waals surface area contributed by atoms with E-state index in [9.17, 15) is 0 Å². The van der Waals surface area contributed by atoms with E-state index in [1.807, 2.05) is 0 Å². The molecule has 0 aliphatic rings. The van der Waals surface area contributed by atoms with Crippen molar-refractivity contribution in [1.82, 2.24) is 20.1 Å². The Morgan fingerprint density at radius 2 is 1.80 bits per heavy atom. The zero-order chi connectivity index (χ0) is 14.6. The molecular formula is C16H32N4. The number of hydrogen-bond acceptors (Lipinski definition) is 3. The SMILES string of the molecule is CCCCCCCCCn1ncnc1CNCC(C)C. The van der Waals surface area contributed by atoms with Gasteiger partial charge in [-0.3, -0.25) is 0 Å². The highest BCUT2D eigenvalue weighted by atomic mass is 15.3. The summed E-state index contributed by atoms with van der Waals surface area (Å²) in [4.78, 5) is 4.34. The molecule has 1 rings (SSSR count). The minimum absolute atomic E-state index is 0.675. The van der Waals surface area contributed by atoms with Crippen LogP contribution in [0.2, 0.25) is 0 Å². The maximum Gasteiger partial charge on any atom is 0.140 e. The average Bonchev–Trinajstić information content (AvgIpc) is 2.85. The Kier molecular flexibility index (Phi) is 9.29. The van der Waals surface area contributed by atoms with E-state index in [0.717, 1.165) is 25.5 Å². The zero-order valence-electron chi connectivity index (χ0n) is 13.6. The Bertz CT molecular complexity index is 333. The summed E-state index contributed by atoms with van der Waals surface area (Å²) in [6, 6.07) is 0. The van der Waals surface area contributed by atoms with Crippen LogP contribution in [-0.4, -0.2) is 21.3 Å². The average molecular weight is 280 g/mol. The third-order valence-electron chi connectivity index (χ3n) is 3.50. The molecule has 1 aromatic rings. The lowest BCUT2D eigenvalue weighted by atomic mass is 10.1. The number of aryl methyl sites for hydroxylation is 1. The molecule has 0 bridgehead atoms. The van der Waals surface area contributed by atoms with Crippen molar-refractivity contribution in [3.63, 3.8) is 0 Å². The number of hydrogen-bond donors (Lipinski definition) is 1. The fourth-order valence-electron chi connectivity index (χ4n) is 2.30. The summed E-state index contributed by atoms with van der Waals surface area (Å²) < 4.78 is 2.05. The predicted molar refractivity (Wildman–Crippen MR) is 84.6 cm³/mol. The molecule has 1 heterocycles. The summed E-state index contributed by atoms with van der Waals surface area (Å²) in [5.74, 6) is 1.74. The van der Waals surface area contributed by atoms with Crippen molar-refractivity contribution in [2.75, 3.05) is 6.54 Å². The van der Waals surface area contributed by atoms with Gasteiger partial charge in [-0.2, -0.15) is 5.10 Å². The van der Waals surface area contributed by atoms with E-state index in [4.69, 9.17) is 0 Å². The minimum Gasteiger partial charge on any atom is -0.310 e. The monoisotopic (exact) mass is 280 g/mol. The fourth-order valence-corrected chi connectivity index (χ4v) is 2.30. The van der Waals surface area contributed by atoms with Crippen LogP contribution < -0.4 is 5.32 Å². The Labute approximate surface area is 124 Å². The molecule has 1 N–H and O–H groups in total. The summed E-state index contributed by atoms with van der Waals surface area (Å²) in [6.45, 7) is 9.57. The van der Waals surface area contributed by atoms with Crippen LogP contribution in [0.25, 0.3) is 0 Å². The highest BCUT2D eigenvalue weighted by molar-refractivity contribution is 4.83. The van der Waals surface area contributed by atoms with Gasteiger partial charge in [0.05, 0.1) is 6.54 Å². The topological polar surface area (TPSA) is 42.7 Å². The molecule has 0 radical (unpaired) electrons. The van der Waals surface area contributed by atoms with Crippen LogP contribution in [0, 0.1) is 5.92 Å². The van der Waals surface area contributed by atoms with Crippen molar-refractivity contribution in [2.24, 2.45) is 5.92 Å². The van der Waals surface area contributed by atoms with Gasteiger partial charge in [0.15, 0.2) is 0 Å². The van der Waals surface area contributed by atoms with Crippen molar-refractivity contribution < 1.29 is 0 Å². The van der Waals surface area contributed by atoms with E-state index in [-0.39, 0.29) is 0 Å². The highest BCUT2D eigenvalue weighted by Gasteiger charge is 2.04. The lowest BCUT2D eigenvalue weighted by Crippen LogP contribution is -2.21. The number of unbranched alkanes of at least 4 members (excludes halogenated alkanes) is 6. The van der Waals surface area contributed by atoms with Crippen LogP contribution in [0.4, 0.5) is 0 Å². The van der Waals surface area contributed by atoms with E-state index in [1.165, 1.54) is 44.9 Å². The van der Waals surface area contributed by atoms with Gasteiger partial charge in [-0.1, -0.05) is 59.3 Å². The van der Waals surface area contributed by atoms with E-state index in [0.29, 0.717) is 5.92 Å². The van der Waals surface area contributed by atoms with Crippen LogP contribution in [0.3, 0.4) is 0 Å². The summed E-state index contributed by atoms with van der Waals surface area (Å²) in [5.41, 5.74) is 0. The molecule has 4 nitrogen and oxygen atoms in total. The lowest BCUT2D eigenvalue weighted by molar-refractivity contribution is 0.485. The molecule has 0 aromatic carbocycles. The first kappa shape index (κ1) is 17.2. The molecule has 0 fully saturated rings.